The van der Waals surface area contributed by atoms with Crippen LogP contribution in [0.5, 0.6) is 5.75 Å². The van der Waals surface area contributed by atoms with E-state index in [0.29, 0.717) is 5.69 Å². The molecule has 0 aliphatic rings. The molecule has 0 aromatic heterocycles. The number of aryl methyl sites for hydroxylation is 3. The van der Waals surface area contributed by atoms with Crippen molar-refractivity contribution in [3.05, 3.63) is 65.2 Å². The van der Waals surface area contributed by atoms with Crippen LogP contribution in [0.15, 0.2) is 58.8 Å². The number of hydrogen-bond acceptors (Lipinski definition) is 3. The van der Waals surface area contributed by atoms with Crippen molar-refractivity contribution >= 4 is 22.1 Å². The maximum absolute atomic E-state index is 10.5. The first-order valence-electron chi connectivity index (χ1n) is 7.26. The quantitative estimate of drug-likeness (QED) is 0.588. The molecular weight excluding hydrogens is 272 g/mol. The summed E-state index contributed by atoms with van der Waals surface area (Å²) in [4.78, 5) is 0. The third-order valence-corrected chi connectivity index (χ3v) is 3.73. The van der Waals surface area contributed by atoms with E-state index in [4.69, 9.17) is 0 Å². The van der Waals surface area contributed by atoms with Crippen molar-refractivity contribution in [2.75, 3.05) is 0 Å². The van der Waals surface area contributed by atoms with E-state index < -0.39 is 0 Å². The Morgan fingerprint density at radius 3 is 2.18 bits per heavy atom. The van der Waals surface area contributed by atoms with Crippen LogP contribution < -0.4 is 0 Å². The molecule has 0 amide bonds. The molecule has 0 heterocycles. The van der Waals surface area contributed by atoms with Crippen molar-refractivity contribution in [3.8, 4) is 5.75 Å². The van der Waals surface area contributed by atoms with Gasteiger partial charge in [0.1, 0.15) is 5.69 Å². The predicted octanol–water partition coefficient (Wildman–Crippen LogP) is 5.89. The summed E-state index contributed by atoms with van der Waals surface area (Å²) in [5.74, 6) is 0.186. The van der Waals surface area contributed by atoms with E-state index in [1.54, 1.807) is 0 Å². The third kappa shape index (κ3) is 2.70. The number of aromatic hydroxyl groups is 1. The monoisotopic (exact) mass is 290 g/mol. The number of phenols is 1. The summed E-state index contributed by atoms with van der Waals surface area (Å²) in [6.45, 7) is 6.00. The SMILES string of the molecule is Cc1ccc(N=Nc2c(C)cc3cc(C)ccc3c2O)cc1. The average Bonchev–Trinajstić information content (AvgIpc) is 2.48. The van der Waals surface area contributed by atoms with Gasteiger partial charge in [-0.2, -0.15) is 5.11 Å². The van der Waals surface area contributed by atoms with Crippen molar-refractivity contribution in [1.82, 2.24) is 0 Å². The Hall–Kier alpha value is -2.68. The first-order valence-corrected chi connectivity index (χ1v) is 7.26. The van der Waals surface area contributed by atoms with Crippen LogP contribution in [0.2, 0.25) is 0 Å². The van der Waals surface area contributed by atoms with Crippen molar-refractivity contribution in [2.24, 2.45) is 10.2 Å². The fraction of sp³-hybridized carbons (Fsp3) is 0.158. The van der Waals surface area contributed by atoms with E-state index in [1.165, 1.54) is 11.1 Å². The van der Waals surface area contributed by atoms with Crippen LogP contribution >= 0.6 is 0 Å². The normalized spacial score (nSPS) is 11.4. The number of rotatable bonds is 2. The van der Waals surface area contributed by atoms with Gasteiger partial charge in [-0.05, 0) is 49.9 Å². The average molecular weight is 290 g/mol. The van der Waals surface area contributed by atoms with Crippen molar-refractivity contribution in [2.45, 2.75) is 20.8 Å². The molecule has 0 fully saturated rings. The highest BCUT2D eigenvalue weighted by Gasteiger charge is 2.10. The largest absolute Gasteiger partial charge is 0.505 e. The molecule has 0 bridgehead atoms. The van der Waals surface area contributed by atoms with E-state index in [9.17, 15) is 5.11 Å². The number of azo groups is 1. The molecule has 0 unspecified atom stereocenters. The lowest BCUT2D eigenvalue weighted by molar-refractivity contribution is 0.482. The highest BCUT2D eigenvalue weighted by Crippen LogP contribution is 2.38. The fourth-order valence-corrected chi connectivity index (χ4v) is 2.48. The van der Waals surface area contributed by atoms with Gasteiger partial charge in [0.05, 0.1) is 5.69 Å². The molecule has 0 saturated heterocycles. The van der Waals surface area contributed by atoms with Gasteiger partial charge in [0.25, 0.3) is 0 Å². The maximum Gasteiger partial charge on any atom is 0.151 e. The van der Waals surface area contributed by atoms with E-state index in [-0.39, 0.29) is 5.75 Å². The molecule has 110 valence electrons. The standard InChI is InChI=1S/C19H18N2O/c1-12-4-7-16(8-5-12)20-21-18-14(3)11-15-10-13(2)6-9-17(15)19(18)22/h4-11,22H,1-3H3. The van der Waals surface area contributed by atoms with Crippen molar-refractivity contribution in [1.29, 1.82) is 0 Å². The molecule has 0 radical (unpaired) electrons. The Morgan fingerprint density at radius 1 is 0.773 bits per heavy atom. The van der Waals surface area contributed by atoms with E-state index in [1.807, 2.05) is 63.2 Å². The third-order valence-electron chi connectivity index (χ3n) is 3.73. The maximum atomic E-state index is 10.5. The second-order valence-electron chi connectivity index (χ2n) is 5.65. The van der Waals surface area contributed by atoms with E-state index >= 15 is 0 Å². The van der Waals surface area contributed by atoms with Crippen LogP contribution in [-0.2, 0) is 0 Å². The first-order chi connectivity index (χ1) is 10.5. The van der Waals surface area contributed by atoms with Gasteiger partial charge in [0.15, 0.2) is 5.75 Å². The topological polar surface area (TPSA) is 45.0 Å². The lowest BCUT2D eigenvalue weighted by Crippen LogP contribution is -1.82. The summed E-state index contributed by atoms with van der Waals surface area (Å²) in [6.07, 6.45) is 0. The summed E-state index contributed by atoms with van der Waals surface area (Å²) in [5, 5.41) is 20.8. The number of nitrogens with zero attached hydrogens (tertiary/aromatic N) is 2. The Morgan fingerprint density at radius 2 is 1.45 bits per heavy atom. The van der Waals surface area contributed by atoms with Gasteiger partial charge in [-0.25, -0.2) is 0 Å². The Bertz CT molecular complexity index is 865. The Labute approximate surface area is 130 Å². The summed E-state index contributed by atoms with van der Waals surface area (Å²) in [7, 11) is 0. The van der Waals surface area contributed by atoms with Gasteiger partial charge in [0.2, 0.25) is 0 Å². The molecule has 22 heavy (non-hydrogen) atoms. The minimum absolute atomic E-state index is 0.186. The number of benzene rings is 3. The van der Waals surface area contributed by atoms with Gasteiger partial charge in [-0.15, -0.1) is 5.11 Å². The zero-order valence-electron chi connectivity index (χ0n) is 13.0. The zero-order valence-corrected chi connectivity index (χ0v) is 13.0. The highest BCUT2D eigenvalue weighted by molar-refractivity contribution is 5.94. The second kappa shape index (κ2) is 5.60. The smallest absolute Gasteiger partial charge is 0.151 e. The van der Waals surface area contributed by atoms with E-state index in [2.05, 4.69) is 16.3 Å². The van der Waals surface area contributed by atoms with Crippen LogP contribution in [0.25, 0.3) is 10.8 Å². The van der Waals surface area contributed by atoms with Crippen molar-refractivity contribution < 1.29 is 5.11 Å². The van der Waals surface area contributed by atoms with Gasteiger partial charge < -0.3 is 5.11 Å². The molecular formula is C19H18N2O. The zero-order chi connectivity index (χ0) is 15.7. The highest BCUT2D eigenvalue weighted by atomic mass is 16.3. The molecule has 3 aromatic rings. The Kier molecular flexibility index (Phi) is 3.63. The van der Waals surface area contributed by atoms with Crippen LogP contribution in [-0.4, -0.2) is 5.11 Å². The molecule has 3 rings (SSSR count). The summed E-state index contributed by atoms with van der Waals surface area (Å²) in [6, 6.07) is 15.8. The fourth-order valence-electron chi connectivity index (χ4n) is 2.48. The minimum atomic E-state index is 0.186. The van der Waals surface area contributed by atoms with Crippen LogP contribution in [0, 0.1) is 20.8 Å². The molecule has 1 N–H and O–H groups in total. The van der Waals surface area contributed by atoms with Crippen molar-refractivity contribution in [3.63, 3.8) is 0 Å². The van der Waals surface area contributed by atoms with Crippen LogP contribution in [0.1, 0.15) is 16.7 Å². The van der Waals surface area contributed by atoms with E-state index in [0.717, 1.165) is 22.0 Å². The van der Waals surface area contributed by atoms with Crippen LogP contribution in [0.3, 0.4) is 0 Å². The molecule has 0 saturated carbocycles. The molecule has 3 aromatic carbocycles. The molecule has 3 heteroatoms. The van der Waals surface area contributed by atoms with Gasteiger partial charge in [-0.1, -0.05) is 41.5 Å². The summed E-state index contributed by atoms with van der Waals surface area (Å²) < 4.78 is 0. The lowest BCUT2D eigenvalue weighted by Gasteiger charge is -2.08. The summed E-state index contributed by atoms with van der Waals surface area (Å²) in [5.41, 5.74) is 4.55. The van der Waals surface area contributed by atoms with Crippen LogP contribution in [0.4, 0.5) is 11.4 Å². The number of fused-ring (bicyclic) bond motifs is 1. The predicted molar refractivity (Wildman–Crippen MR) is 90.4 cm³/mol. The molecule has 0 aliphatic carbocycles. The molecule has 0 aliphatic heterocycles. The molecule has 3 nitrogen and oxygen atoms in total. The first kappa shape index (κ1) is 14.3. The lowest BCUT2D eigenvalue weighted by atomic mass is 10.0. The second-order valence-corrected chi connectivity index (χ2v) is 5.65. The molecule has 0 atom stereocenters. The van der Waals surface area contributed by atoms with Gasteiger partial charge in [-0.3, -0.25) is 0 Å². The minimum Gasteiger partial charge on any atom is -0.505 e. The van der Waals surface area contributed by atoms with Gasteiger partial charge in [0, 0.05) is 5.39 Å². The summed E-state index contributed by atoms with van der Waals surface area (Å²) >= 11 is 0. The number of hydrogen-bond donors (Lipinski definition) is 1. The molecule has 0 spiro atoms. The number of phenolic OH excluding ortho intramolecular Hbond substituents is 1. The van der Waals surface area contributed by atoms with Gasteiger partial charge >= 0.3 is 0 Å². The Balaban J connectivity index is 2.07.